The SMILES string of the molecule is CN(C)C1CCN(C(=O)c2cc[n+](C)cc2)CC1. The average molecular weight is 248 g/mol. The van der Waals surface area contributed by atoms with Crippen molar-refractivity contribution in [3.8, 4) is 0 Å². The highest BCUT2D eigenvalue weighted by molar-refractivity contribution is 5.94. The van der Waals surface area contributed by atoms with Gasteiger partial charge in [-0.1, -0.05) is 0 Å². The van der Waals surface area contributed by atoms with Gasteiger partial charge in [-0.2, -0.15) is 0 Å². The van der Waals surface area contributed by atoms with Gasteiger partial charge in [0.25, 0.3) is 5.91 Å². The first-order valence-corrected chi connectivity index (χ1v) is 6.49. The number of likely N-dealkylation sites (tertiary alicyclic amines) is 1. The maximum atomic E-state index is 12.3. The minimum atomic E-state index is 0.160. The van der Waals surface area contributed by atoms with E-state index in [0.29, 0.717) is 6.04 Å². The molecule has 1 amide bonds. The van der Waals surface area contributed by atoms with Crippen molar-refractivity contribution in [3.05, 3.63) is 30.1 Å². The van der Waals surface area contributed by atoms with Gasteiger partial charge in [0, 0.05) is 31.3 Å². The van der Waals surface area contributed by atoms with E-state index in [9.17, 15) is 4.79 Å². The molecule has 0 saturated carbocycles. The molecule has 2 rings (SSSR count). The summed E-state index contributed by atoms with van der Waals surface area (Å²) in [5.74, 6) is 0.160. The number of hydrogen-bond donors (Lipinski definition) is 0. The van der Waals surface area contributed by atoms with E-state index in [2.05, 4.69) is 19.0 Å². The summed E-state index contributed by atoms with van der Waals surface area (Å²) in [5.41, 5.74) is 0.788. The fourth-order valence-corrected chi connectivity index (χ4v) is 2.41. The van der Waals surface area contributed by atoms with Crippen LogP contribution in [0, 0.1) is 0 Å². The third kappa shape index (κ3) is 2.88. The Morgan fingerprint density at radius 2 is 1.83 bits per heavy atom. The van der Waals surface area contributed by atoms with Crippen LogP contribution in [-0.4, -0.2) is 48.9 Å². The highest BCUT2D eigenvalue weighted by Crippen LogP contribution is 2.16. The van der Waals surface area contributed by atoms with Gasteiger partial charge in [-0.15, -0.1) is 0 Å². The molecule has 4 nitrogen and oxygen atoms in total. The van der Waals surface area contributed by atoms with Crippen LogP contribution in [0.15, 0.2) is 24.5 Å². The fraction of sp³-hybridized carbons (Fsp3) is 0.571. The molecule has 0 N–H and O–H groups in total. The molecule has 1 aliphatic heterocycles. The lowest BCUT2D eigenvalue weighted by atomic mass is 10.0. The molecule has 0 aliphatic carbocycles. The number of nitrogens with zero attached hydrogens (tertiary/aromatic N) is 3. The Kier molecular flexibility index (Phi) is 3.97. The number of piperidine rings is 1. The van der Waals surface area contributed by atoms with Crippen molar-refractivity contribution in [1.29, 1.82) is 0 Å². The van der Waals surface area contributed by atoms with Gasteiger partial charge < -0.3 is 9.80 Å². The average Bonchev–Trinajstić information content (AvgIpc) is 2.39. The van der Waals surface area contributed by atoms with Crippen LogP contribution in [0.3, 0.4) is 0 Å². The quantitative estimate of drug-likeness (QED) is 0.720. The molecule has 0 radical (unpaired) electrons. The second-order valence-electron chi connectivity index (χ2n) is 5.24. The van der Waals surface area contributed by atoms with Gasteiger partial charge >= 0.3 is 0 Å². The minimum Gasteiger partial charge on any atom is -0.339 e. The standard InChI is InChI=1S/C14H22N3O/c1-15(2)13-6-10-17(11-7-13)14(18)12-4-8-16(3)9-5-12/h4-5,8-9,13H,6-7,10-11H2,1-3H3/q+1. The van der Waals surface area contributed by atoms with E-state index in [1.165, 1.54) is 0 Å². The largest absolute Gasteiger partial charge is 0.339 e. The summed E-state index contributed by atoms with van der Waals surface area (Å²) in [6.07, 6.45) is 5.97. The first-order chi connectivity index (χ1) is 8.58. The topological polar surface area (TPSA) is 27.4 Å². The first-order valence-electron chi connectivity index (χ1n) is 6.49. The van der Waals surface area contributed by atoms with Crippen LogP contribution >= 0.6 is 0 Å². The number of pyridine rings is 1. The van der Waals surface area contributed by atoms with Crippen molar-refractivity contribution >= 4 is 5.91 Å². The van der Waals surface area contributed by atoms with Crippen LogP contribution in [0.1, 0.15) is 23.2 Å². The zero-order valence-electron chi connectivity index (χ0n) is 11.5. The fourth-order valence-electron chi connectivity index (χ4n) is 2.41. The lowest BCUT2D eigenvalue weighted by Gasteiger charge is -2.35. The van der Waals surface area contributed by atoms with Crippen molar-refractivity contribution in [2.24, 2.45) is 7.05 Å². The van der Waals surface area contributed by atoms with Crippen LogP contribution < -0.4 is 4.57 Å². The molecule has 1 aromatic heterocycles. The third-order valence-electron chi connectivity index (χ3n) is 3.71. The van der Waals surface area contributed by atoms with Crippen molar-refractivity contribution < 1.29 is 9.36 Å². The Hall–Kier alpha value is -1.42. The molecule has 0 atom stereocenters. The third-order valence-corrected chi connectivity index (χ3v) is 3.71. The Morgan fingerprint density at radius 3 is 2.33 bits per heavy atom. The number of aromatic nitrogens is 1. The lowest BCUT2D eigenvalue weighted by Crippen LogP contribution is -2.44. The molecule has 1 aromatic rings. The Morgan fingerprint density at radius 1 is 1.28 bits per heavy atom. The molecule has 98 valence electrons. The van der Waals surface area contributed by atoms with E-state index >= 15 is 0 Å². The van der Waals surface area contributed by atoms with E-state index in [1.807, 2.05) is 41.0 Å². The van der Waals surface area contributed by atoms with Gasteiger partial charge in [-0.25, -0.2) is 4.57 Å². The highest BCUT2D eigenvalue weighted by Gasteiger charge is 2.24. The van der Waals surface area contributed by atoms with Gasteiger partial charge in [-0.3, -0.25) is 4.79 Å². The molecule has 18 heavy (non-hydrogen) atoms. The number of amides is 1. The summed E-state index contributed by atoms with van der Waals surface area (Å²) in [4.78, 5) is 16.5. The van der Waals surface area contributed by atoms with Gasteiger partial charge in [0.2, 0.25) is 0 Å². The number of rotatable bonds is 2. The number of hydrogen-bond acceptors (Lipinski definition) is 2. The van der Waals surface area contributed by atoms with E-state index in [0.717, 1.165) is 31.5 Å². The second-order valence-corrected chi connectivity index (χ2v) is 5.24. The van der Waals surface area contributed by atoms with E-state index < -0.39 is 0 Å². The van der Waals surface area contributed by atoms with Crippen LogP contribution in [-0.2, 0) is 7.05 Å². The van der Waals surface area contributed by atoms with Crippen LogP contribution in [0.25, 0.3) is 0 Å². The van der Waals surface area contributed by atoms with Crippen molar-refractivity contribution in [1.82, 2.24) is 9.80 Å². The predicted molar refractivity (Wildman–Crippen MR) is 70.2 cm³/mol. The smallest absolute Gasteiger partial charge is 0.254 e. The normalized spacial score (nSPS) is 17.2. The van der Waals surface area contributed by atoms with E-state index in [1.54, 1.807) is 0 Å². The van der Waals surface area contributed by atoms with Crippen LogP contribution in [0.4, 0.5) is 0 Å². The maximum Gasteiger partial charge on any atom is 0.254 e. The summed E-state index contributed by atoms with van der Waals surface area (Å²) >= 11 is 0. The lowest BCUT2D eigenvalue weighted by molar-refractivity contribution is -0.671. The van der Waals surface area contributed by atoms with Crippen molar-refractivity contribution in [2.45, 2.75) is 18.9 Å². The monoisotopic (exact) mass is 248 g/mol. The molecule has 0 unspecified atom stereocenters. The molecule has 4 heteroatoms. The van der Waals surface area contributed by atoms with Gasteiger partial charge in [0.1, 0.15) is 7.05 Å². The predicted octanol–water partition coefficient (Wildman–Crippen LogP) is 0.677. The Labute approximate surface area is 109 Å². The number of aryl methyl sites for hydroxylation is 1. The van der Waals surface area contributed by atoms with Gasteiger partial charge in [0.15, 0.2) is 12.4 Å². The highest BCUT2D eigenvalue weighted by atomic mass is 16.2. The summed E-state index contributed by atoms with van der Waals surface area (Å²) < 4.78 is 1.94. The molecule has 1 saturated heterocycles. The van der Waals surface area contributed by atoms with E-state index in [4.69, 9.17) is 0 Å². The van der Waals surface area contributed by atoms with Crippen molar-refractivity contribution in [2.75, 3.05) is 27.2 Å². The molecule has 0 bridgehead atoms. The zero-order chi connectivity index (χ0) is 13.1. The molecule has 1 aliphatic rings. The minimum absolute atomic E-state index is 0.160. The summed E-state index contributed by atoms with van der Waals surface area (Å²) in [7, 11) is 6.18. The second kappa shape index (κ2) is 5.48. The molecular formula is C14H22N3O+. The number of carbonyl (C=O) groups excluding carboxylic acids is 1. The first kappa shape index (κ1) is 13.0. The van der Waals surface area contributed by atoms with Crippen molar-refractivity contribution in [3.63, 3.8) is 0 Å². The summed E-state index contributed by atoms with van der Waals surface area (Å²) in [6.45, 7) is 1.73. The molecule has 0 aromatic carbocycles. The Balaban J connectivity index is 1.97. The molecule has 1 fully saturated rings. The molecule has 0 spiro atoms. The summed E-state index contributed by atoms with van der Waals surface area (Å²) in [5, 5.41) is 0. The van der Waals surface area contributed by atoms with Gasteiger partial charge in [-0.05, 0) is 26.9 Å². The Bertz CT molecular complexity index is 406. The zero-order valence-corrected chi connectivity index (χ0v) is 11.5. The summed E-state index contributed by atoms with van der Waals surface area (Å²) in [6, 6.07) is 4.39. The van der Waals surface area contributed by atoms with E-state index in [-0.39, 0.29) is 5.91 Å². The van der Waals surface area contributed by atoms with Gasteiger partial charge in [0.05, 0.1) is 5.56 Å². The maximum absolute atomic E-state index is 12.3. The molecule has 2 heterocycles. The van der Waals surface area contributed by atoms with Crippen LogP contribution in [0.5, 0.6) is 0 Å². The number of carbonyl (C=O) groups is 1. The molecular weight excluding hydrogens is 226 g/mol. The van der Waals surface area contributed by atoms with Crippen LogP contribution in [0.2, 0.25) is 0 Å².